The summed E-state index contributed by atoms with van der Waals surface area (Å²) in [6.07, 6.45) is -3.47. The molecule has 0 amide bonds. The average molecular weight is 432 g/mol. The van der Waals surface area contributed by atoms with Crippen LogP contribution in [0.5, 0.6) is 0 Å². The summed E-state index contributed by atoms with van der Waals surface area (Å²) in [6, 6.07) is 5.84. The standard InChI is InChI=1S/C10H6F3N3O.Ir/c11-10(12,13)9(17)8-5-7(15-16-8)6-3-1-2-4-14-6;/h1-5H,(H,14,15,16,17);/p-1. The van der Waals surface area contributed by atoms with Crippen LogP contribution in [0, 0.1) is 0 Å². The van der Waals surface area contributed by atoms with Gasteiger partial charge in [-0.2, -0.15) is 13.2 Å². The number of carbonyl (C=O) groups excluding carboxylic acids is 1. The van der Waals surface area contributed by atoms with Gasteiger partial charge in [-0.3, -0.25) is 9.78 Å². The van der Waals surface area contributed by atoms with E-state index in [9.17, 15) is 18.0 Å². The Hall–Kier alpha value is -1.53. The van der Waals surface area contributed by atoms with Crippen LogP contribution in [0.3, 0.4) is 0 Å². The van der Waals surface area contributed by atoms with Crippen LogP contribution in [0.15, 0.2) is 30.5 Å². The Morgan fingerprint density at radius 3 is 2.56 bits per heavy atom. The van der Waals surface area contributed by atoms with Crippen molar-refractivity contribution in [2.24, 2.45) is 0 Å². The summed E-state index contributed by atoms with van der Waals surface area (Å²) in [5.41, 5.74) is -0.224. The summed E-state index contributed by atoms with van der Waals surface area (Å²) in [5, 5.41) is 6.69. The van der Waals surface area contributed by atoms with Gasteiger partial charge in [0.1, 0.15) is 0 Å². The molecule has 0 saturated carbocycles. The van der Waals surface area contributed by atoms with Crippen LogP contribution < -0.4 is 5.10 Å². The monoisotopic (exact) mass is 433 g/mol. The molecule has 0 spiro atoms. The average Bonchev–Trinajstić information content (AvgIpc) is 2.77. The molecule has 0 N–H and O–H groups in total. The van der Waals surface area contributed by atoms with Gasteiger partial charge in [0.2, 0.25) is 0 Å². The van der Waals surface area contributed by atoms with E-state index < -0.39 is 17.7 Å². The van der Waals surface area contributed by atoms with Gasteiger partial charge in [0, 0.05) is 32.0 Å². The van der Waals surface area contributed by atoms with E-state index in [1.165, 1.54) is 6.20 Å². The fraction of sp³-hybridized carbons (Fsp3) is 0.100. The van der Waals surface area contributed by atoms with Crippen molar-refractivity contribution in [3.8, 4) is 11.4 Å². The molecule has 0 fully saturated rings. The second-order valence-corrected chi connectivity index (χ2v) is 3.16. The molecule has 0 aliphatic carbocycles. The molecule has 0 saturated heterocycles. The molecule has 0 aromatic carbocycles. The summed E-state index contributed by atoms with van der Waals surface area (Å²) in [6.45, 7) is 0. The third-order valence-corrected chi connectivity index (χ3v) is 1.96. The van der Waals surface area contributed by atoms with Crippen LogP contribution in [0.1, 0.15) is 10.5 Å². The molecule has 8 heteroatoms. The largest absolute Gasteiger partial charge is 0.573 e. The fourth-order valence-electron chi connectivity index (χ4n) is 1.19. The van der Waals surface area contributed by atoms with Gasteiger partial charge in [-0.25, -0.2) is 0 Å². The molecule has 1 radical (unpaired) electrons. The molecule has 2 aromatic rings. The second kappa shape index (κ2) is 5.41. The predicted molar refractivity (Wildman–Crippen MR) is 51.2 cm³/mol. The van der Waals surface area contributed by atoms with E-state index in [0.717, 1.165) is 6.07 Å². The van der Waals surface area contributed by atoms with Gasteiger partial charge in [0.15, 0.2) is 0 Å². The van der Waals surface area contributed by atoms with Crippen LogP contribution in [-0.4, -0.2) is 22.0 Å². The normalized spacial score (nSPS) is 10.8. The van der Waals surface area contributed by atoms with Gasteiger partial charge in [-0.15, -0.1) is 0 Å². The Kier molecular flexibility index (Phi) is 4.37. The molecule has 97 valence electrons. The summed E-state index contributed by atoms with van der Waals surface area (Å²) in [4.78, 5) is 14.8. The van der Waals surface area contributed by atoms with E-state index in [0.29, 0.717) is 5.69 Å². The molecule has 2 heterocycles. The Morgan fingerprint density at radius 2 is 2.00 bits per heavy atom. The number of rotatable bonds is 2. The first-order chi connectivity index (χ1) is 7.98. The zero-order valence-electron chi connectivity index (χ0n) is 8.60. The Labute approximate surface area is 113 Å². The third kappa shape index (κ3) is 3.02. The van der Waals surface area contributed by atoms with Gasteiger partial charge in [0.05, 0.1) is 5.69 Å². The molecule has 18 heavy (non-hydrogen) atoms. The molecular formula is C10H5F3IrN3O-. The number of pyridine rings is 1. The minimum absolute atomic E-state index is 0. The van der Waals surface area contributed by atoms with Crippen LogP contribution in [0.25, 0.3) is 11.4 Å². The van der Waals surface area contributed by atoms with Crippen LogP contribution >= 0.6 is 0 Å². The van der Waals surface area contributed by atoms with Crippen LogP contribution in [-0.2, 0) is 20.1 Å². The summed E-state index contributed by atoms with van der Waals surface area (Å²) >= 11 is 0. The van der Waals surface area contributed by atoms with Crippen molar-refractivity contribution < 1.29 is 38.1 Å². The van der Waals surface area contributed by atoms with Crippen LogP contribution in [0.4, 0.5) is 13.2 Å². The van der Waals surface area contributed by atoms with Crippen molar-refractivity contribution in [3.63, 3.8) is 0 Å². The van der Waals surface area contributed by atoms with E-state index in [2.05, 4.69) is 15.2 Å². The third-order valence-electron chi connectivity index (χ3n) is 1.96. The van der Waals surface area contributed by atoms with E-state index in [-0.39, 0.29) is 25.8 Å². The van der Waals surface area contributed by atoms with Gasteiger partial charge in [0.25, 0.3) is 5.78 Å². The SMILES string of the molecule is O=C(c1cc(-c2ccccn2)[n-]n1)C(F)(F)F.[Ir]. The molecule has 2 rings (SSSR count). The molecule has 0 aliphatic rings. The van der Waals surface area contributed by atoms with E-state index in [1.807, 2.05) is 0 Å². The number of carbonyl (C=O) groups is 1. The number of halogens is 3. The van der Waals surface area contributed by atoms with Gasteiger partial charge < -0.3 is 10.2 Å². The Morgan fingerprint density at radius 1 is 1.28 bits per heavy atom. The smallest absolute Gasteiger partial charge is 0.456 e. The topological polar surface area (TPSA) is 57.0 Å². The summed E-state index contributed by atoms with van der Waals surface area (Å²) in [7, 11) is 0. The minimum atomic E-state index is -4.94. The first-order valence-electron chi connectivity index (χ1n) is 4.52. The zero-order chi connectivity index (χ0) is 12.5. The zero-order valence-corrected chi connectivity index (χ0v) is 11.0. The first-order valence-corrected chi connectivity index (χ1v) is 4.52. The van der Waals surface area contributed by atoms with E-state index in [1.54, 1.807) is 18.2 Å². The molecule has 0 atom stereocenters. The second-order valence-electron chi connectivity index (χ2n) is 3.16. The number of hydrogen-bond donors (Lipinski definition) is 0. The maximum absolute atomic E-state index is 12.1. The Bertz CT molecular complexity index is 539. The number of aromatic nitrogens is 3. The van der Waals surface area contributed by atoms with Gasteiger partial charge in [-0.1, -0.05) is 11.8 Å². The minimum Gasteiger partial charge on any atom is -0.573 e. The molecule has 0 unspecified atom stereocenters. The molecule has 0 bridgehead atoms. The number of Topliss-reactive ketones (excluding diaryl/α,β-unsaturated/α-hetero) is 1. The fourth-order valence-corrected chi connectivity index (χ4v) is 1.19. The van der Waals surface area contributed by atoms with Crippen molar-refractivity contribution in [2.75, 3.05) is 0 Å². The maximum atomic E-state index is 12.1. The molecule has 2 aromatic heterocycles. The number of alkyl halides is 3. The van der Waals surface area contributed by atoms with Crippen molar-refractivity contribution in [3.05, 3.63) is 36.2 Å². The number of hydrogen-bond acceptors (Lipinski definition) is 3. The number of nitrogens with zero attached hydrogens (tertiary/aromatic N) is 3. The first kappa shape index (κ1) is 14.5. The van der Waals surface area contributed by atoms with Crippen molar-refractivity contribution in [2.45, 2.75) is 6.18 Å². The quantitative estimate of drug-likeness (QED) is 0.680. The van der Waals surface area contributed by atoms with Crippen molar-refractivity contribution in [1.82, 2.24) is 15.2 Å². The summed E-state index contributed by atoms with van der Waals surface area (Å²) in [5.74, 6) is -2.01. The van der Waals surface area contributed by atoms with E-state index >= 15 is 0 Å². The predicted octanol–water partition coefficient (Wildman–Crippen LogP) is 1.84. The van der Waals surface area contributed by atoms with E-state index in [4.69, 9.17) is 0 Å². The van der Waals surface area contributed by atoms with Crippen molar-refractivity contribution >= 4 is 5.78 Å². The van der Waals surface area contributed by atoms with Crippen LogP contribution in [0.2, 0.25) is 0 Å². The Balaban J connectivity index is 0.00000162. The molecular weight excluding hydrogens is 427 g/mol. The van der Waals surface area contributed by atoms with Gasteiger partial charge in [-0.05, 0) is 18.2 Å². The summed E-state index contributed by atoms with van der Waals surface area (Å²) < 4.78 is 36.3. The molecule has 0 aliphatic heterocycles. The van der Waals surface area contributed by atoms with Gasteiger partial charge >= 0.3 is 6.18 Å². The molecule has 4 nitrogen and oxygen atoms in total. The number of ketones is 1. The van der Waals surface area contributed by atoms with Crippen molar-refractivity contribution in [1.29, 1.82) is 0 Å². The maximum Gasteiger partial charge on any atom is 0.456 e.